The van der Waals surface area contributed by atoms with Crippen molar-refractivity contribution in [3.63, 3.8) is 0 Å². The van der Waals surface area contributed by atoms with E-state index < -0.39 is 0 Å². The lowest BCUT2D eigenvalue weighted by Gasteiger charge is -2.24. The molecule has 5 rings (SSSR count). The molecule has 2 aromatic carbocycles. The Kier molecular flexibility index (Phi) is 5.18. The van der Waals surface area contributed by atoms with E-state index in [2.05, 4.69) is 49.3 Å². The SMILES string of the molecule is Cc1c(Cc2ccc(-n3cccn3)cc2)cc2c(=O)n(C3CCCCC3)cnc2c1C. The van der Waals surface area contributed by atoms with Gasteiger partial charge in [0, 0.05) is 18.4 Å². The van der Waals surface area contributed by atoms with Crippen LogP contribution in [0.3, 0.4) is 0 Å². The van der Waals surface area contributed by atoms with E-state index in [-0.39, 0.29) is 11.6 Å². The first-order chi connectivity index (χ1) is 15.1. The zero-order valence-corrected chi connectivity index (χ0v) is 18.2. The predicted octanol–water partition coefficient (Wildman–Crippen LogP) is 5.30. The minimum atomic E-state index is 0.107. The number of rotatable bonds is 4. The molecule has 1 aliphatic carbocycles. The van der Waals surface area contributed by atoms with Crippen molar-refractivity contribution in [2.75, 3.05) is 0 Å². The molecule has 1 fully saturated rings. The third-order valence-corrected chi connectivity index (χ3v) is 6.82. The van der Waals surface area contributed by atoms with Crippen LogP contribution in [0.15, 0.2) is 59.9 Å². The molecule has 0 unspecified atom stereocenters. The molecule has 0 aliphatic heterocycles. The van der Waals surface area contributed by atoms with Crippen LogP contribution in [0.5, 0.6) is 0 Å². The van der Waals surface area contributed by atoms with Gasteiger partial charge >= 0.3 is 0 Å². The number of nitrogens with zero attached hydrogens (tertiary/aromatic N) is 4. The van der Waals surface area contributed by atoms with Crippen molar-refractivity contribution in [1.82, 2.24) is 19.3 Å². The molecule has 1 saturated carbocycles. The van der Waals surface area contributed by atoms with Gasteiger partial charge in [-0.05, 0) is 79.6 Å². The summed E-state index contributed by atoms with van der Waals surface area (Å²) >= 11 is 0. The predicted molar refractivity (Wildman–Crippen MR) is 124 cm³/mol. The normalized spacial score (nSPS) is 14.9. The Morgan fingerprint density at radius 3 is 2.52 bits per heavy atom. The second-order valence-corrected chi connectivity index (χ2v) is 8.72. The molecule has 0 radical (unpaired) electrons. The van der Waals surface area contributed by atoms with Crippen LogP contribution in [0.25, 0.3) is 16.6 Å². The summed E-state index contributed by atoms with van der Waals surface area (Å²) in [6.07, 6.45) is 12.1. The largest absolute Gasteiger partial charge is 0.296 e. The van der Waals surface area contributed by atoms with Crippen molar-refractivity contribution < 1.29 is 0 Å². The Bertz CT molecular complexity index is 1260. The quantitative estimate of drug-likeness (QED) is 0.457. The molecule has 0 N–H and O–H groups in total. The molecule has 5 nitrogen and oxygen atoms in total. The highest BCUT2D eigenvalue weighted by molar-refractivity contribution is 5.83. The molecule has 0 atom stereocenters. The molecule has 31 heavy (non-hydrogen) atoms. The van der Waals surface area contributed by atoms with E-state index in [1.54, 1.807) is 12.5 Å². The molecule has 0 spiro atoms. The summed E-state index contributed by atoms with van der Waals surface area (Å²) in [4.78, 5) is 18.1. The van der Waals surface area contributed by atoms with Crippen LogP contribution in [0.4, 0.5) is 0 Å². The van der Waals surface area contributed by atoms with Gasteiger partial charge in [0.25, 0.3) is 5.56 Å². The van der Waals surface area contributed by atoms with Crippen molar-refractivity contribution in [3.05, 3.63) is 87.7 Å². The fraction of sp³-hybridized carbons (Fsp3) is 0.346. The smallest absolute Gasteiger partial charge is 0.261 e. The summed E-state index contributed by atoms with van der Waals surface area (Å²) in [5, 5.41) is 5.04. The van der Waals surface area contributed by atoms with Crippen LogP contribution in [0.2, 0.25) is 0 Å². The minimum absolute atomic E-state index is 0.107. The van der Waals surface area contributed by atoms with Gasteiger partial charge in [-0.1, -0.05) is 31.4 Å². The van der Waals surface area contributed by atoms with Gasteiger partial charge in [-0.2, -0.15) is 5.10 Å². The van der Waals surface area contributed by atoms with E-state index in [1.165, 1.54) is 36.0 Å². The van der Waals surface area contributed by atoms with Crippen LogP contribution < -0.4 is 5.56 Å². The zero-order chi connectivity index (χ0) is 21.4. The zero-order valence-electron chi connectivity index (χ0n) is 18.2. The van der Waals surface area contributed by atoms with Gasteiger partial charge in [-0.15, -0.1) is 0 Å². The van der Waals surface area contributed by atoms with Crippen LogP contribution in [-0.4, -0.2) is 19.3 Å². The van der Waals surface area contributed by atoms with Gasteiger partial charge in [0.15, 0.2) is 0 Å². The molecule has 0 saturated heterocycles. The van der Waals surface area contributed by atoms with Crippen molar-refractivity contribution >= 4 is 10.9 Å². The van der Waals surface area contributed by atoms with E-state index >= 15 is 0 Å². The van der Waals surface area contributed by atoms with Crippen molar-refractivity contribution in [1.29, 1.82) is 0 Å². The number of aryl methyl sites for hydroxylation is 1. The van der Waals surface area contributed by atoms with Crippen LogP contribution in [0, 0.1) is 13.8 Å². The number of aromatic nitrogens is 4. The standard InChI is InChI=1S/C26H28N4O/c1-18-19(2)25-24(26(31)29(17-27-25)22-7-4-3-5-8-22)16-21(18)15-20-9-11-23(12-10-20)30-14-6-13-28-30/h6,9-14,16-17,22H,3-5,7-8,15H2,1-2H3. The van der Waals surface area contributed by atoms with Crippen LogP contribution in [-0.2, 0) is 6.42 Å². The summed E-state index contributed by atoms with van der Waals surface area (Å²) in [5.74, 6) is 0. The van der Waals surface area contributed by atoms with Crippen molar-refractivity contribution in [2.45, 2.75) is 58.4 Å². The van der Waals surface area contributed by atoms with E-state index in [4.69, 9.17) is 4.98 Å². The molecule has 0 bridgehead atoms. The molecular weight excluding hydrogens is 384 g/mol. The molecule has 2 aromatic heterocycles. The number of hydrogen-bond acceptors (Lipinski definition) is 3. The second kappa shape index (κ2) is 8.14. The molecule has 2 heterocycles. The van der Waals surface area contributed by atoms with Gasteiger partial charge in [-0.25, -0.2) is 9.67 Å². The van der Waals surface area contributed by atoms with Crippen molar-refractivity contribution in [3.8, 4) is 5.69 Å². The first-order valence-corrected chi connectivity index (χ1v) is 11.2. The highest BCUT2D eigenvalue weighted by atomic mass is 16.1. The van der Waals surface area contributed by atoms with Crippen LogP contribution in [0.1, 0.15) is 60.4 Å². The van der Waals surface area contributed by atoms with E-state index in [0.717, 1.165) is 41.4 Å². The molecule has 4 aromatic rings. The third kappa shape index (κ3) is 3.69. The van der Waals surface area contributed by atoms with Crippen molar-refractivity contribution in [2.24, 2.45) is 0 Å². The van der Waals surface area contributed by atoms with E-state index in [1.807, 2.05) is 21.5 Å². The fourth-order valence-electron chi connectivity index (χ4n) is 4.82. The minimum Gasteiger partial charge on any atom is -0.296 e. The number of benzene rings is 2. The summed E-state index contributed by atoms with van der Waals surface area (Å²) in [7, 11) is 0. The maximum Gasteiger partial charge on any atom is 0.261 e. The van der Waals surface area contributed by atoms with Gasteiger partial charge in [0.1, 0.15) is 0 Å². The highest BCUT2D eigenvalue weighted by Crippen LogP contribution is 2.28. The maximum atomic E-state index is 13.4. The van der Waals surface area contributed by atoms with Gasteiger partial charge in [0.05, 0.1) is 22.9 Å². The molecule has 0 amide bonds. The average Bonchev–Trinajstić information content (AvgIpc) is 3.34. The Morgan fingerprint density at radius 1 is 1.03 bits per heavy atom. The lowest BCUT2D eigenvalue weighted by Crippen LogP contribution is -2.27. The topological polar surface area (TPSA) is 52.7 Å². The molecule has 5 heteroatoms. The Balaban J connectivity index is 1.51. The first-order valence-electron chi connectivity index (χ1n) is 11.2. The number of hydrogen-bond donors (Lipinski definition) is 0. The first kappa shape index (κ1) is 19.7. The van der Waals surface area contributed by atoms with Crippen LogP contribution >= 0.6 is 0 Å². The second-order valence-electron chi connectivity index (χ2n) is 8.72. The van der Waals surface area contributed by atoms with E-state index in [9.17, 15) is 4.79 Å². The highest BCUT2D eigenvalue weighted by Gasteiger charge is 2.19. The lowest BCUT2D eigenvalue weighted by atomic mass is 9.93. The lowest BCUT2D eigenvalue weighted by molar-refractivity contribution is 0.345. The Hall–Kier alpha value is -3.21. The average molecular weight is 413 g/mol. The van der Waals surface area contributed by atoms with Gasteiger partial charge in [0.2, 0.25) is 0 Å². The molecule has 1 aliphatic rings. The summed E-state index contributed by atoms with van der Waals surface area (Å²) < 4.78 is 3.74. The van der Waals surface area contributed by atoms with Gasteiger partial charge in [-0.3, -0.25) is 9.36 Å². The number of fused-ring (bicyclic) bond motifs is 1. The summed E-state index contributed by atoms with van der Waals surface area (Å²) in [6, 6.07) is 12.7. The third-order valence-electron chi connectivity index (χ3n) is 6.82. The Labute approximate surface area is 182 Å². The monoisotopic (exact) mass is 412 g/mol. The van der Waals surface area contributed by atoms with E-state index in [0.29, 0.717) is 0 Å². The fourth-order valence-corrected chi connectivity index (χ4v) is 4.82. The summed E-state index contributed by atoms with van der Waals surface area (Å²) in [6.45, 7) is 4.22. The Morgan fingerprint density at radius 2 is 1.81 bits per heavy atom. The molecule has 158 valence electrons. The maximum absolute atomic E-state index is 13.4. The molecular formula is C26H28N4O. The summed E-state index contributed by atoms with van der Waals surface area (Å²) in [5.41, 5.74) is 6.72. The van der Waals surface area contributed by atoms with Gasteiger partial charge < -0.3 is 0 Å².